The molecule has 0 radical (unpaired) electrons. The Morgan fingerprint density at radius 3 is 2.67 bits per heavy atom. The lowest BCUT2D eigenvalue weighted by molar-refractivity contribution is -0.141. The molecule has 2 bridgehead atoms. The molecule has 33 heavy (non-hydrogen) atoms. The zero-order chi connectivity index (χ0) is 23.6. The van der Waals surface area contributed by atoms with Crippen LogP contribution in [0.15, 0.2) is 30.3 Å². The molecule has 3 heterocycles. The largest absolute Gasteiger partial charge is 0.396 e. The van der Waals surface area contributed by atoms with Gasteiger partial charge in [-0.1, -0.05) is 53.9 Å². The van der Waals surface area contributed by atoms with Gasteiger partial charge in [-0.3, -0.25) is 14.4 Å². The summed E-state index contributed by atoms with van der Waals surface area (Å²) in [5.74, 6) is -2.20. The molecule has 0 aliphatic carbocycles. The summed E-state index contributed by atoms with van der Waals surface area (Å²) in [6.45, 7) is 2.79. The molecule has 6 atom stereocenters. The molecule has 9 heteroatoms. The summed E-state index contributed by atoms with van der Waals surface area (Å²) in [6, 6.07) is 8.30. The fourth-order valence-corrected chi connectivity index (χ4v) is 6.58. The Balaban J connectivity index is 1.62. The van der Waals surface area contributed by atoms with Crippen LogP contribution in [-0.4, -0.2) is 70.0 Å². The van der Waals surface area contributed by atoms with Crippen LogP contribution in [0.5, 0.6) is 0 Å². The number of aliphatic hydroxyl groups is 1. The first-order valence-electron chi connectivity index (χ1n) is 11.8. The fraction of sp³-hybridized carbons (Fsp3) is 0.625. The number of nitrogens with one attached hydrogen (secondary N) is 2. The lowest BCUT2D eigenvalue weighted by Gasteiger charge is -2.34. The number of halogens is 1. The van der Waals surface area contributed by atoms with Crippen molar-refractivity contribution in [2.24, 2.45) is 11.8 Å². The van der Waals surface area contributed by atoms with Gasteiger partial charge in [0.1, 0.15) is 11.6 Å². The molecule has 0 aromatic heterocycles. The van der Waals surface area contributed by atoms with Gasteiger partial charge in [0.25, 0.3) is 0 Å². The van der Waals surface area contributed by atoms with E-state index in [2.05, 4.69) is 33.5 Å². The van der Waals surface area contributed by atoms with Crippen molar-refractivity contribution >= 4 is 39.3 Å². The number of anilines is 1. The maximum absolute atomic E-state index is 13.6. The Morgan fingerprint density at radius 2 is 1.97 bits per heavy atom. The standard InChI is InChI=1S/C24H32BrN3O5/c1-2-3-7-11-26-22(31)20-24-14-16(25)19(33-24)17(18(24)23(32)28(20)12-8-13-29)21(30)27-15-9-5-4-6-10-15/h4-6,9-10,16-20,29H,2-3,7-8,11-14H2,1H3,(H,26,31)(H,27,30)/t16?,17-,18-,19-,20?,24?/m0/s1. The number of hydrogen-bond donors (Lipinski definition) is 3. The Morgan fingerprint density at radius 1 is 1.21 bits per heavy atom. The highest BCUT2D eigenvalue weighted by Crippen LogP contribution is 2.60. The molecule has 3 unspecified atom stereocenters. The summed E-state index contributed by atoms with van der Waals surface area (Å²) in [6.07, 6.45) is 3.26. The minimum Gasteiger partial charge on any atom is -0.396 e. The topological polar surface area (TPSA) is 108 Å². The second kappa shape index (κ2) is 10.1. The van der Waals surface area contributed by atoms with E-state index in [1.54, 1.807) is 12.1 Å². The summed E-state index contributed by atoms with van der Waals surface area (Å²) in [5, 5.41) is 15.3. The molecule has 1 spiro atoms. The normalized spacial score (nSPS) is 32.2. The molecule has 1 aromatic rings. The summed E-state index contributed by atoms with van der Waals surface area (Å²) in [4.78, 5) is 41.7. The summed E-state index contributed by atoms with van der Waals surface area (Å²) in [7, 11) is 0. The lowest BCUT2D eigenvalue weighted by Crippen LogP contribution is -2.56. The zero-order valence-corrected chi connectivity index (χ0v) is 20.4. The number of nitrogens with zero attached hydrogens (tertiary/aromatic N) is 1. The van der Waals surface area contributed by atoms with E-state index in [1.807, 2.05) is 18.2 Å². The van der Waals surface area contributed by atoms with E-state index in [0.29, 0.717) is 25.1 Å². The number of unbranched alkanes of at least 4 members (excludes halogenated alkanes) is 2. The van der Waals surface area contributed by atoms with Crippen molar-refractivity contribution in [3.8, 4) is 0 Å². The smallest absolute Gasteiger partial charge is 0.245 e. The van der Waals surface area contributed by atoms with E-state index in [4.69, 9.17) is 4.74 Å². The Labute approximate surface area is 202 Å². The number of amides is 3. The maximum Gasteiger partial charge on any atom is 0.245 e. The summed E-state index contributed by atoms with van der Waals surface area (Å²) < 4.78 is 6.42. The highest BCUT2D eigenvalue weighted by atomic mass is 79.9. The second-order valence-corrected chi connectivity index (χ2v) is 10.3. The van der Waals surface area contributed by atoms with E-state index in [0.717, 1.165) is 19.3 Å². The second-order valence-electron chi connectivity index (χ2n) is 9.13. The molecule has 3 aliphatic rings. The fourth-order valence-electron chi connectivity index (χ4n) is 5.64. The number of para-hydroxylation sites is 1. The molecule has 8 nitrogen and oxygen atoms in total. The van der Waals surface area contributed by atoms with Gasteiger partial charge in [0.2, 0.25) is 17.7 Å². The number of likely N-dealkylation sites (tertiary alicyclic amines) is 1. The first kappa shape index (κ1) is 24.2. The number of fused-ring (bicyclic) bond motifs is 1. The van der Waals surface area contributed by atoms with Crippen molar-refractivity contribution in [3.05, 3.63) is 30.3 Å². The van der Waals surface area contributed by atoms with E-state index < -0.39 is 29.6 Å². The number of alkyl halides is 1. The number of ether oxygens (including phenoxy) is 1. The Bertz CT molecular complexity index is 884. The summed E-state index contributed by atoms with van der Waals surface area (Å²) in [5.41, 5.74) is -0.405. The lowest BCUT2D eigenvalue weighted by atomic mass is 9.70. The van der Waals surface area contributed by atoms with Gasteiger partial charge in [-0.25, -0.2) is 0 Å². The summed E-state index contributed by atoms with van der Waals surface area (Å²) >= 11 is 3.66. The number of hydrogen-bond acceptors (Lipinski definition) is 5. The van der Waals surface area contributed by atoms with Crippen LogP contribution in [0.2, 0.25) is 0 Å². The van der Waals surface area contributed by atoms with Gasteiger partial charge in [-0.05, 0) is 31.4 Å². The van der Waals surface area contributed by atoms with Crippen molar-refractivity contribution in [3.63, 3.8) is 0 Å². The molecular weight excluding hydrogens is 490 g/mol. The third-order valence-electron chi connectivity index (χ3n) is 7.02. The maximum atomic E-state index is 13.6. The van der Waals surface area contributed by atoms with Crippen LogP contribution in [-0.2, 0) is 19.1 Å². The van der Waals surface area contributed by atoms with Gasteiger partial charge in [0.15, 0.2) is 0 Å². The quantitative estimate of drug-likeness (QED) is 0.322. The average Bonchev–Trinajstić information content (AvgIpc) is 3.39. The number of carbonyl (C=O) groups is 3. The Kier molecular flexibility index (Phi) is 7.40. The molecule has 180 valence electrons. The minimum absolute atomic E-state index is 0.0885. The molecule has 4 rings (SSSR count). The minimum atomic E-state index is -1.06. The van der Waals surface area contributed by atoms with Crippen LogP contribution in [0.1, 0.15) is 39.0 Å². The predicted octanol–water partition coefficient (Wildman–Crippen LogP) is 2.06. The van der Waals surface area contributed by atoms with E-state index >= 15 is 0 Å². The third kappa shape index (κ3) is 4.31. The van der Waals surface area contributed by atoms with E-state index in [1.165, 1.54) is 4.90 Å². The molecular formula is C24H32BrN3O5. The van der Waals surface area contributed by atoms with Gasteiger partial charge < -0.3 is 25.4 Å². The number of aliphatic hydroxyl groups excluding tert-OH is 1. The van der Waals surface area contributed by atoms with Gasteiger partial charge in [-0.2, -0.15) is 0 Å². The number of carbonyl (C=O) groups excluding carboxylic acids is 3. The highest BCUT2D eigenvalue weighted by molar-refractivity contribution is 9.09. The average molecular weight is 522 g/mol. The number of benzene rings is 1. The van der Waals surface area contributed by atoms with Gasteiger partial charge in [-0.15, -0.1) is 0 Å². The van der Waals surface area contributed by atoms with Crippen molar-refractivity contribution < 1.29 is 24.2 Å². The first-order valence-corrected chi connectivity index (χ1v) is 12.7. The van der Waals surface area contributed by atoms with Crippen LogP contribution >= 0.6 is 15.9 Å². The van der Waals surface area contributed by atoms with Gasteiger partial charge in [0.05, 0.1) is 17.9 Å². The molecule has 3 amide bonds. The van der Waals surface area contributed by atoms with E-state index in [9.17, 15) is 19.5 Å². The van der Waals surface area contributed by atoms with Crippen LogP contribution < -0.4 is 10.6 Å². The van der Waals surface area contributed by atoms with E-state index in [-0.39, 0.29) is 35.7 Å². The monoisotopic (exact) mass is 521 g/mol. The molecule has 0 saturated carbocycles. The molecule has 3 saturated heterocycles. The molecule has 3 fully saturated rings. The van der Waals surface area contributed by atoms with Crippen LogP contribution in [0.4, 0.5) is 5.69 Å². The van der Waals surface area contributed by atoms with Crippen LogP contribution in [0.25, 0.3) is 0 Å². The molecule has 3 aliphatic heterocycles. The van der Waals surface area contributed by atoms with Crippen LogP contribution in [0, 0.1) is 11.8 Å². The molecule has 1 aromatic carbocycles. The predicted molar refractivity (Wildman–Crippen MR) is 127 cm³/mol. The van der Waals surface area contributed by atoms with Crippen molar-refractivity contribution in [2.45, 2.75) is 61.6 Å². The van der Waals surface area contributed by atoms with Crippen molar-refractivity contribution in [2.75, 3.05) is 25.0 Å². The first-order chi connectivity index (χ1) is 15.9. The van der Waals surface area contributed by atoms with Crippen molar-refractivity contribution in [1.82, 2.24) is 10.2 Å². The number of rotatable bonds is 10. The van der Waals surface area contributed by atoms with Gasteiger partial charge >= 0.3 is 0 Å². The highest BCUT2D eigenvalue weighted by Gasteiger charge is 2.76. The Hall–Kier alpha value is -1.97. The third-order valence-corrected chi connectivity index (χ3v) is 7.86. The zero-order valence-electron chi connectivity index (χ0n) is 18.8. The van der Waals surface area contributed by atoms with Crippen LogP contribution in [0.3, 0.4) is 0 Å². The molecule has 3 N–H and O–H groups in total. The van der Waals surface area contributed by atoms with Gasteiger partial charge in [0, 0.05) is 30.2 Å². The van der Waals surface area contributed by atoms with Crippen molar-refractivity contribution in [1.29, 1.82) is 0 Å². The SMILES string of the molecule is CCCCCNC(=O)C1N(CCCO)C(=O)[C@@H]2[C@H](C(=O)Nc3ccccc3)[C@H]3OC12CC3Br.